The number of pyridine rings is 1. The predicted molar refractivity (Wildman–Crippen MR) is 105 cm³/mol. The first-order valence-corrected chi connectivity index (χ1v) is 9.55. The topological polar surface area (TPSA) is 109 Å². The summed E-state index contributed by atoms with van der Waals surface area (Å²) < 4.78 is 21.3. The number of aromatic nitrogens is 3. The van der Waals surface area contributed by atoms with Gasteiger partial charge in [0, 0.05) is 23.7 Å². The summed E-state index contributed by atoms with van der Waals surface area (Å²) in [7, 11) is 4.48. The Bertz CT molecular complexity index is 939. The largest absolute Gasteiger partial charge is 0.493 e. The van der Waals surface area contributed by atoms with Crippen LogP contribution in [0.1, 0.15) is 21.8 Å². The molecule has 1 amide bonds. The fraction of sp³-hybridized carbons (Fsp3) is 0.263. The number of hydrogen-bond acceptors (Lipinski definition) is 9. The molecule has 0 saturated heterocycles. The molecule has 0 atom stereocenters. The lowest BCUT2D eigenvalue weighted by Gasteiger charge is -2.13. The number of rotatable bonds is 9. The summed E-state index contributed by atoms with van der Waals surface area (Å²) in [4.78, 5) is 16.6. The van der Waals surface area contributed by atoms with E-state index in [0.29, 0.717) is 39.7 Å². The van der Waals surface area contributed by atoms with Gasteiger partial charge in [0.1, 0.15) is 0 Å². The minimum absolute atomic E-state index is 0.0932. The standard InChI is InChI=1S/C19H20N4O5S/c1-25-14-7-13(8-15(26-2)17(14)27-3)18(24)21-10-16-22-23-19(28-16)29-11-12-5-4-6-20-9-12/h4-9H,10-11H2,1-3H3,(H,21,24). The van der Waals surface area contributed by atoms with Gasteiger partial charge in [-0.1, -0.05) is 17.8 Å². The quantitative estimate of drug-likeness (QED) is 0.527. The molecule has 0 bridgehead atoms. The molecule has 0 aliphatic rings. The SMILES string of the molecule is COc1cc(C(=O)NCc2nnc(SCc3cccnc3)o2)cc(OC)c1OC. The van der Waals surface area contributed by atoms with Crippen molar-refractivity contribution in [1.29, 1.82) is 0 Å². The predicted octanol–water partition coefficient (Wildman–Crippen LogP) is 2.71. The van der Waals surface area contributed by atoms with E-state index in [4.69, 9.17) is 18.6 Å². The molecule has 3 aromatic rings. The van der Waals surface area contributed by atoms with Crippen LogP contribution >= 0.6 is 11.8 Å². The molecule has 0 fully saturated rings. The highest BCUT2D eigenvalue weighted by Gasteiger charge is 2.17. The van der Waals surface area contributed by atoms with Crippen molar-refractivity contribution >= 4 is 17.7 Å². The molecule has 10 heteroatoms. The maximum atomic E-state index is 12.5. The highest BCUT2D eigenvalue weighted by molar-refractivity contribution is 7.98. The van der Waals surface area contributed by atoms with Gasteiger partial charge >= 0.3 is 0 Å². The lowest BCUT2D eigenvalue weighted by molar-refractivity contribution is 0.0946. The van der Waals surface area contributed by atoms with Crippen LogP contribution in [0, 0.1) is 0 Å². The van der Waals surface area contributed by atoms with Gasteiger partial charge in [0.25, 0.3) is 11.1 Å². The molecule has 0 radical (unpaired) electrons. The summed E-state index contributed by atoms with van der Waals surface area (Å²) in [5.41, 5.74) is 1.40. The Morgan fingerprint density at radius 1 is 1.14 bits per heavy atom. The normalized spacial score (nSPS) is 10.4. The van der Waals surface area contributed by atoms with Crippen LogP contribution in [0.2, 0.25) is 0 Å². The van der Waals surface area contributed by atoms with Crippen molar-refractivity contribution < 1.29 is 23.4 Å². The van der Waals surface area contributed by atoms with Crippen LogP contribution in [-0.2, 0) is 12.3 Å². The Balaban J connectivity index is 1.60. The molecule has 1 N–H and O–H groups in total. The van der Waals surface area contributed by atoms with Crippen molar-refractivity contribution in [2.75, 3.05) is 21.3 Å². The molecule has 1 aromatic carbocycles. The summed E-state index contributed by atoms with van der Waals surface area (Å²) in [5.74, 6) is 1.82. The summed E-state index contributed by atoms with van der Waals surface area (Å²) in [6.45, 7) is 0.0932. The first kappa shape index (κ1) is 20.5. The van der Waals surface area contributed by atoms with Gasteiger partial charge in [-0.3, -0.25) is 9.78 Å². The third-order valence-electron chi connectivity index (χ3n) is 3.86. The molecule has 29 heavy (non-hydrogen) atoms. The van der Waals surface area contributed by atoms with Gasteiger partial charge < -0.3 is 23.9 Å². The fourth-order valence-corrected chi connectivity index (χ4v) is 3.18. The number of ether oxygens (including phenoxy) is 3. The molecule has 2 heterocycles. The van der Waals surface area contributed by atoms with Crippen LogP contribution in [0.25, 0.3) is 0 Å². The van der Waals surface area contributed by atoms with Gasteiger partial charge in [0.05, 0.1) is 27.9 Å². The van der Waals surface area contributed by atoms with Gasteiger partial charge in [-0.15, -0.1) is 10.2 Å². The molecule has 0 spiro atoms. The van der Waals surface area contributed by atoms with Crippen molar-refractivity contribution in [2.24, 2.45) is 0 Å². The van der Waals surface area contributed by atoms with Crippen LogP contribution in [0.15, 0.2) is 46.3 Å². The van der Waals surface area contributed by atoms with Crippen molar-refractivity contribution in [3.8, 4) is 17.2 Å². The summed E-state index contributed by atoms with van der Waals surface area (Å²) in [6.07, 6.45) is 3.50. The number of carbonyl (C=O) groups excluding carboxylic acids is 1. The van der Waals surface area contributed by atoms with E-state index in [1.54, 1.807) is 24.5 Å². The smallest absolute Gasteiger partial charge is 0.276 e. The lowest BCUT2D eigenvalue weighted by atomic mass is 10.1. The van der Waals surface area contributed by atoms with Gasteiger partial charge in [-0.05, 0) is 23.8 Å². The van der Waals surface area contributed by atoms with E-state index in [9.17, 15) is 4.79 Å². The van der Waals surface area contributed by atoms with Crippen molar-refractivity contribution in [3.05, 3.63) is 53.7 Å². The second-order valence-electron chi connectivity index (χ2n) is 5.71. The molecule has 0 aliphatic carbocycles. The van der Waals surface area contributed by atoms with Crippen LogP contribution < -0.4 is 19.5 Å². The van der Waals surface area contributed by atoms with Crippen LogP contribution in [-0.4, -0.2) is 42.4 Å². The molecule has 9 nitrogen and oxygen atoms in total. The molecule has 0 aliphatic heterocycles. The summed E-state index contributed by atoms with van der Waals surface area (Å²) >= 11 is 1.40. The van der Waals surface area contributed by atoms with Crippen LogP contribution in [0.4, 0.5) is 0 Å². The monoisotopic (exact) mass is 416 g/mol. The van der Waals surface area contributed by atoms with Crippen molar-refractivity contribution in [2.45, 2.75) is 17.5 Å². The number of amides is 1. The zero-order valence-corrected chi connectivity index (χ0v) is 17.0. The average molecular weight is 416 g/mol. The molecule has 152 valence electrons. The van der Waals surface area contributed by atoms with Crippen molar-refractivity contribution in [1.82, 2.24) is 20.5 Å². The first-order valence-electron chi connectivity index (χ1n) is 8.57. The van der Waals surface area contributed by atoms with Gasteiger partial charge in [0.2, 0.25) is 11.6 Å². The molecule has 0 saturated carbocycles. The Hall–Kier alpha value is -3.27. The zero-order chi connectivity index (χ0) is 20.6. The minimum Gasteiger partial charge on any atom is -0.493 e. The molecule has 3 rings (SSSR count). The second-order valence-corrected chi connectivity index (χ2v) is 6.63. The highest BCUT2D eigenvalue weighted by atomic mass is 32.2. The third-order valence-corrected chi connectivity index (χ3v) is 4.75. The van der Waals surface area contributed by atoms with E-state index in [2.05, 4.69) is 20.5 Å². The van der Waals surface area contributed by atoms with E-state index in [1.807, 2.05) is 12.1 Å². The molecule has 2 aromatic heterocycles. The number of carbonyl (C=O) groups is 1. The Morgan fingerprint density at radius 2 is 1.90 bits per heavy atom. The average Bonchev–Trinajstić information content (AvgIpc) is 3.23. The first-order chi connectivity index (χ1) is 14.1. The van der Waals surface area contributed by atoms with E-state index in [1.165, 1.54) is 33.1 Å². The Kier molecular flexibility index (Phi) is 6.90. The van der Waals surface area contributed by atoms with Gasteiger partial charge in [-0.25, -0.2) is 0 Å². The highest BCUT2D eigenvalue weighted by Crippen LogP contribution is 2.38. The van der Waals surface area contributed by atoms with Crippen LogP contribution in [0.3, 0.4) is 0 Å². The van der Waals surface area contributed by atoms with Gasteiger partial charge in [0.15, 0.2) is 11.5 Å². The van der Waals surface area contributed by atoms with E-state index >= 15 is 0 Å². The fourth-order valence-electron chi connectivity index (χ4n) is 2.47. The zero-order valence-electron chi connectivity index (χ0n) is 16.2. The third kappa shape index (κ3) is 5.17. The summed E-state index contributed by atoms with van der Waals surface area (Å²) in [5, 5.41) is 11.1. The maximum Gasteiger partial charge on any atom is 0.276 e. The number of methoxy groups -OCH3 is 3. The number of thioether (sulfide) groups is 1. The number of hydrogen-bond donors (Lipinski definition) is 1. The van der Waals surface area contributed by atoms with Crippen LogP contribution in [0.5, 0.6) is 17.2 Å². The number of benzene rings is 1. The van der Waals surface area contributed by atoms with Gasteiger partial charge in [-0.2, -0.15) is 0 Å². The molecule has 0 unspecified atom stereocenters. The summed E-state index contributed by atoms with van der Waals surface area (Å²) in [6, 6.07) is 6.97. The second kappa shape index (κ2) is 9.78. The minimum atomic E-state index is -0.341. The Morgan fingerprint density at radius 3 is 2.52 bits per heavy atom. The Labute approximate surface area is 171 Å². The molecular formula is C19H20N4O5S. The number of nitrogens with zero attached hydrogens (tertiary/aromatic N) is 3. The molecular weight excluding hydrogens is 396 g/mol. The lowest BCUT2D eigenvalue weighted by Crippen LogP contribution is -2.23. The van der Waals surface area contributed by atoms with E-state index in [0.717, 1.165) is 5.56 Å². The van der Waals surface area contributed by atoms with E-state index < -0.39 is 0 Å². The maximum absolute atomic E-state index is 12.5. The van der Waals surface area contributed by atoms with Crippen molar-refractivity contribution in [3.63, 3.8) is 0 Å². The number of nitrogens with one attached hydrogen (secondary N) is 1. The van der Waals surface area contributed by atoms with E-state index in [-0.39, 0.29) is 12.5 Å².